The van der Waals surface area contributed by atoms with E-state index in [1.807, 2.05) is 12.1 Å². The molecular weight excluding hydrogens is 280 g/mol. The van der Waals surface area contributed by atoms with E-state index in [1.165, 1.54) is 0 Å². The van der Waals surface area contributed by atoms with E-state index in [4.69, 9.17) is 5.11 Å². The van der Waals surface area contributed by atoms with Crippen molar-refractivity contribution in [2.24, 2.45) is 0 Å². The van der Waals surface area contributed by atoms with E-state index in [0.717, 1.165) is 8.66 Å². The number of hydrogen-bond donors (Lipinski definition) is 3. The van der Waals surface area contributed by atoms with Gasteiger partial charge in [0.25, 0.3) is 0 Å². The molecule has 15 heavy (non-hydrogen) atoms. The smallest absolute Gasteiger partial charge is 0.315 e. The van der Waals surface area contributed by atoms with E-state index < -0.39 is 0 Å². The lowest BCUT2D eigenvalue weighted by atomic mass is 10.4. The lowest BCUT2D eigenvalue weighted by molar-refractivity contribution is 0.238. The third-order valence-corrected chi connectivity index (χ3v) is 3.30. The number of nitrogens with one attached hydrogen (secondary N) is 2. The topological polar surface area (TPSA) is 61.4 Å². The SMILES string of the molecule is O=C(NCCCO)NCc1ccc(Br)s1. The van der Waals surface area contributed by atoms with Crippen LogP contribution in [0.1, 0.15) is 11.3 Å². The van der Waals surface area contributed by atoms with Gasteiger partial charge in [-0.3, -0.25) is 0 Å². The number of amides is 2. The maximum Gasteiger partial charge on any atom is 0.315 e. The van der Waals surface area contributed by atoms with Gasteiger partial charge >= 0.3 is 6.03 Å². The van der Waals surface area contributed by atoms with Gasteiger partial charge in [-0.25, -0.2) is 4.79 Å². The second-order valence-corrected chi connectivity index (χ2v) is 5.44. The van der Waals surface area contributed by atoms with Crippen molar-refractivity contribution >= 4 is 33.3 Å². The number of hydrogen-bond acceptors (Lipinski definition) is 3. The van der Waals surface area contributed by atoms with Crippen LogP contribution in [0.25, 0.3) is 0 Å². The third kappa shape index (κ3) is 5.15. The van der Waals surface area contributed by atoms with E-state index in [0.29, 0.717) is 19.5 Å². The number of carbonyl (C=O) groups is 1. The van der Waals surface area contributed by atoms with E-state index in [2.05, 4.69) is 26.6 Å². The Balaban J connectivity index is 2.16. The Labute approximate surface area is 101 Å². The molecule has 0 saturated heterocycles. The van der Waals surface area contributed by atoms with Crippen molar-refractivity contribution in [3.63, 3.8) is 0 Å². The average molecular weight is 293 g/mol. The Morgan fingerprint density at radius 1 is 1.47 bits per heavy atom. The van der Waals surface area contributed by atoms with E-state index >= 15 is 0 Å². The van der Waals surface area contributed by atoms with Gasteiger partial charge < -0.3 is 15.7 Å². The van der Waals surface area contributed by atoms with Crippen molar-refractivity contribution in [1.29, 1.82) is 0 Å². The maximum absolute atomic E-state index is 11.2. The number of aliphatic hydroxyl groups excluding tert-OH is 1. The summed E-state index contributed by atoms with van der Waals surface area (Å²) < 4.78 is 1.06. The monoisotopic (exact) mass is 292 g/mol. The number of halogens is 1. The highest BCUT2D eigenvalue weighted by Crippen LogP contribution is 2.21. The van der Waals surface area contributed by atoms with Crippen molar-refractivity contribution in [3.8, 4) is 0 Å². The summed E-state index contributed by atoms with van der Waals surface area (Å²) in [4.78, 5) is 12.3. The fourth-order valence-electron chi connectivity index (χ4n) is 0.958. The van der Waals surface area contributed by atoms with Gasteiger partial charge in [-0.05, 0) is 34.5 Å². The number of thiophene rings is 1. The van der Waals surface area contributed by atoms with Gasteiger partial charge in [-0.2, -0.15) is 0 Å². The first-order valence-corrected chi connectivity index (χ1v) is 6.20. The Hall–Kier alpha value is -0.590. The van der Waals surface area contributed by atoms with Crippen molar-refractivity contribution in [2.45, 2.75) is 13.0 Å². The second-order valence-electron chi connectivity index (χ2n) is 2.89. The molecule has 0 aliphatic rings. The van der Waals surface area contributed by atoms with Gasteiger partial charge in [0.05, 0.1) is 10.3 Å². The minimum absolute atomic E-state index is 0.0954. The first kappa shape index (κ1) is 12.5. The zero-order chi connectivity index (χ0) is 11.1. The molecule has 6 heteroatoms. The predicted octanol–water partition coefficient (Wildman–Crippen LogP) is 1.69. The molecule has 1 rings (SSSR count). The minimum Gasteiger partial charge on any atom is -0.396 e. The summed E-state index contributed by atoms with van der Waals surface area (Å²) >= 11 is 4.95. The molecule has 0 atom stereocenters. The molecule has 0 unspecified atom stereocenters. The highest BCUT2D eigenvalue weighted by molar-refractivity contribution is 9.11. The third-order valence-electron chi connectivity index (χ3n) is 1.67. The van der Waals surface area contributed by atoms with E-state index in [-0.39, 0.29) is 12.6 Å². The van der Waals surface area contributed by atoms with Crippen LogP contribution in [0.2, 0.25) is 0 Å². The summed E-state index contributed by atoms with van der Waals surface area (Å²) in [6.45, 7) is 1.12. The number of urea groups is 1. The Morgan fingerprint density at radius 2 is 2.27 bits per heavy atom. The molecule has 1 aromatic heterocycles. The van der Waals surface area contributed by atoms with Gasteiger partial charge in [0.2, 0.25) is 0 Å². The normalized spacial score (nSPS) is 10.0. The van der Waals surface area contributed by atoms with Crippen LogP contribution in [0.3, 0.4) is 0 Å². The highest BCUT2D eigenvalue weighted by Gasteiger charge is 2.01. The molecule has 0 fully saturated rings. The summed E-state index contributed by atoms with van der Waals surface area (Å²) in [6.07, 6.45) is 0.581. The summed E-state index contributed by atoms with van der Waals surface area (Å²) in [5, 5.41) is 13.9. The van der Waals surface area contributed by atoms with Crippen LogP contribution in [0.5, 0.6) is 0 Å². The van der Waals surface area contributed by atoms with Crippen LogP contribution in [0.4, 0.5) is 4.79 Å². The molecule has 0 bridgehead atoms. The molecule has 1 heterocycles. The molecule has 0 saturated carbocycles. The molecule has 3 N–H and O–H groups in total. The quantitative estimate of drug-likeness (QED) is 0.724. The zero-order valence-electron chi connectivity index (χ0n) is 8.12. The van der Waals surface area contributed by atoms with Gasteiger partial charge in [-0.1, -0.05) is 0 Å². The molecule has 4 nitrogen and oxygen atoms in total. The van der Waals surface area contributed by atoms with Crippen LogP contribution in [-0.2, 0) is 6.54 Å². The maximum atomic E-state index is 11.2. The molecule has 2 amide bonds. The van der Waals surface area contributed by atoms with Crippen LogP contribution < -0.4 is 10.6 Å². The van der Waals surface area contributed by atoms with Crippen LogP contribution in [0.15, 0.2) is 15.9 Å². The van der Waals surface area contributed by atoms with Crippen molar-refractivity contribution in [3.05, 3.63) is 20.8 Å². The van der Waals surface area contributed by atoms with Crippen LogP contribution in [0, 0.1) is 0 Å². The average Bonchev–Trinajstić information content (AvgIpc) is 2.62. The van der Waals surface area contributed by atoms with Crippen molar-refractivity contribution in [2.75, 3.05) is 13.2 Å². The first-order chi connectivity index (χ1) is 7.22. The van der Waals surface area contributed by atoms with Gasteiger partial charge in [0.1, 0.15) is 0 Å². The van der Waals surface area contributed by atoms with Crippen molar-refractivity contribution in [1.82, 2.24) is 10.6 Å². The first-order valence-electron chi connectivity index (χ1n) is 4.59. The molecular formula is C9H13BrN2O2S. The van der Waals surface area contributed by atoms with Crippen molar-refractivity contribution < 1.29 is 9.90 Å². The van der Waals surface area contributed by atoms with Gasteiger partial charge in [-0.15, -0.1) is 11.3 Å². The summed E-state index contributed by atoms with van der Waals surface area (Å²) in [7, 11) is 0. The highest BCUT2D eigenvalue weighted by atomic mass is 79.9. The molecule has 0 radical (unpaired) electrons. The zero-order valence-corrected chi connectivity index (χ0v) is 10.5. The van der Waals surface area contributed by atoms with Gasteiger partial charge in [0.15, 0.2) is 0 Å². The van der Waals surface area contributed by atoms with E-state index in [9.17, 15) is 4.79 Å². The lowest BCUT2D eigenvalue weighted by Gasteiger charge is -2.05. The molecule has 1 aromatic rings. The Bertz CT molecular complexity index is 317. The Kier molecular flexibility index (Phi) is 5.67. The summed E-state index contributed by atoms with van der Waals surface area (Å²) in [5.41, 5.74) is 0. The number of aliphatic hydroxyl groups is 1. The molecule has 84 valence electrons. The summed E-state index contributed by atoms with van der Waals surface area (Å²) in [5.74, 6) is 0. The van der Waals surface area contributed by atoms with Crippen LogP contribution >= 0.6 is 27.3 Å². The van der Waals surface area contributed by atoms with Gasteiger partial charge in [0, 0.05) is 18.0 Å². The lowest BCUT2D eigenvalue weighted by Crippen LogP contribution is -2.35. The predicted molar refractivity (Wildman–Crippen MR) is 64.0 cm³/mol. The van der Waals surface area contributed by atoms with Crippen LogP contribution in [-0.4, -0.2) is 24.3 Å². The molecule has 0 aliphatic carbocycles. The molecule has 0 aliphatic heterocycles. The Morgan fingerprint density at radius 3 is 2.87 bits per heavy atom. The number of carbonyl (C=O) groups excluding carboxylic acids is 1. The fourth-order valence-corrected chi connectivity index (χ4v) is 2.38. The van der Waals surface area contributed by atoms with E-state index in [1.54, 1.807) is 11.3 Å². The minimum atomic E-state index is -0.201. The standard InChI is InChI=1S/C9H13BrN2O2S/c10-8-3-2-7(15-8)6-12-9(14)11-4-1-5-13/h2-3,13H,1,4-6H2,(H2,11,12,14). The molecule has 0 spiro atoms. The second kappa shape index (κ2) is 6.81. The largest absolute Gasteiger partial charge is 0.396 e. The fraction of sp³-hybridized carbons (Fsp3) is 0.444. The summed E-state index contributed by atoms with van der Waals surface area (Å²) in [6, 6.07) is 3.71. The molecule has 0 aromatic carbocycles. The number of rotatable bonds is 5.